The number of ether oxygens (including phenoxy) is 2. The predicted molar refractivity (Wildman–Crippen MR) is 142 cm³/mol. The molecule has 3 fully saturated rings. The summed E-state index contributed by atoms with van der Waals surface area (Å²) in [7, 11) is 0. The summed E-state index contributed by atoms with van der Waals surface area (Å²) >= 11 is 0. The zero-order valence-electron chi connectivity index (χ0n) is 23.3. The van der Waals surface area contributed by atoms with E-state index in [1.807, 2.05) is 0 Å². The molecular weight excluding hydrogens is 450 g/mol. The van der Waals surface area contributed by atoms with Crippen LogP contribution in [0, 0.1) is 46.3 Å². The maximum absolute atomic E-state index is 12.2. The maximum Gasteiger partial charge on any atom is 0.302 e. The van der Waals surface area contributed by atoms with Crippen LogP contribution in [0.25, 0.3) is 0 Å². The third-order valence-electron chi connectivity index (χ3n) is 11.4. The monoisotopic (exact) mass is 497 g/mol. The minimum atomic E-state index is -0.161. The molecule has 0 aromatic carbocycles. The van der Waals surface area contributed by atoms with Crippen molar-refractivity contribution in [2.45, 2.75) is 112 Å². The number of fused-ring (bicyclic) bond motifs is 5. The van der Waals surface area contributed by atoms with Crippen LogP contribution in [0.1, 0.15) is 99.3 Å². The van der Waals surface area contributed by atoms with Crippen molar-refractivity contribution in [2.75, 3.05) is 6.54 Å². The number of allylic oxidation sites excluding steroid dienone is 1. The number of hydrogen-bond donors (Lipinski definition) is 0. The molecular formula is C31H47NO4. The van der Waals surface area contributed by atoms with Crippen LogP contribution < -0.4 is 0 Å². The number of esters is 2. The summed E-state index contributed by atoms with van der Waals surface area (Å²) in [6.07, 6.45) is 12.3. The number of carbonyl (C=O) groups is 2. The van der Waals surface area contributed by atoms with Crippen molar-refractivity contribution in [1.82, 2.24) is 0 Å². The molecule has 1 heterocycles. The summed E-state index contributed by atoms with van der Waals surface area (Å²) in [5, 5.41) is 0. The van der Waals surface area contributed by atoms with Crippen molar-refractivity contribution in [3.8, 4) is 0 Å². The highest BCUT2D eigenvalue weighted by Crippen LogP contribution is 2.67. The predicted octanol–water partition coefficient (Wildman–Crippen LogP) is 6.55. The van der Waals surface area contributed by atoms with E-state index in [9.17, 15) is 9.59 Å². The van der Waals surface area contributed by atoms with Crippen LogP contribution in [0.3, 0.4) is 0 Å². The third-order valence-corrected chi connectivity index (χ3v) is 11.4. The summed E-state index contributed by atoms with van der Waals surface area (Å²) in [5.74, 6) is 2.93. The molecule has 0 aromatic rings. The molecule has 10 atom stereocenters. The fraction of sp³-hybridized carbons (Fsp3) is 0.839. The number of aliphatic imine (C=N–C) groups is 1. The quantitative estimate of drug-likeness (QED) is 0.326. The Balaban J connectivity index is 1.43. The number of nitrogens with zero attached hydrogens (tertiary/aromatic N) is 1. The van der Waals surface area contributed by atoms with Crippen molar-refractivity contribution in [3.63, 3.8) is 0 Å². The van der Waals surface area contributed by atoms with Crippen LogP contribution in [0.5, 0.6) is 0 Å². The first-order valence-corrected chi connectivity index (χ1v) is 14.6. The zero-order chi connectivity index (χ0) is 25.8. The Labute approximate surface area is 217 Å². The van der Waals surface area contributed by atoms with Gasteiger partial charge in [0.1, 0.15) is 12.2 Å². The van der Waals surface area contributed by atoms with Gasteiger partial charge in [0, 0.05) is 44.4 Å². The molecule has 200 valence electrons. The van der Waals surface area contributed by atoms with Gasteiger partial charge in [-0.05, 0) is 85.9 Å². The first-order chi connectivity index (χ1) is 17.0. The molecule has 10 unspecified atom stereocenters. The van der Waals surface area contributed by atoms with Gasteiger partial charge < -0.3 is 9.47 Å². The Morgan fingerprint density at radius 3 is 2.47 bits per heavy atom. The molecule has 36 heavy (non-hydrogen) atoms. The first-order valence-electron chi connectivity index (χ1n) is 14.6. The Kier molecular flexibility index (Phi) is 6.91. The van der Waals surface area contributed by atoms with Crippen molar-refractivity contribution >= 4 is 17.7 Å². The van der Waals surface area contributed by atoms with E-state index in [2.05, 4.69) is 33.8 Å². The van der Waals surface area contributed by atoms with E-state index in [4.69, 9.17) is 14.5 Å². The fourth-order valence-electron chi connectivity index (χ4n) is 9.63. The van der Waals surface area contributed by atoms with Crippen molar-refractivity contribution in [1.29, 1.82) is 0 Å². The normalized spacial score (nSPS) is 44.8. The Hall–Kier alpha value is -1.65. The van der Waals surface area contributed by atoms with Gasteiger partial charge in [-0.2, -0.15) is 0 Å². The molecule has 0 saturated heterocycles. The second kappa shape index (κ2) is 9.58. The Morgan fingerprint density at radius 2 is 1.81 bits per heavy atom. The molecule has 4 aliphatic carbocycles. The molecule has 0 N–H and O–H groups in total. The van der Waals surface area contributed by atoms with Crippen molar-refractivity contribution in [3.05, 3.63) is 11.6 Å². The molecule has 0 spiro atoms. The van der Waals surface area contributed by atoms with Crippen LogP contribution >= 0.6 is 0 Å². The zero-order valence-corrected chi connectivity index (χ0v) is 23.3. The molecule has 0 aromatic heterocycles. The Bertz CT molecular complexity index is 954. The minimum absolute atomic E-state index is 0.00816. The van der Waals surface area contributed by atoms with E-state index in [0.29, 0.717) is 35.5 Å². The SMILES string of the molecule is CC(=O)OC1CCC2(C)C(=CCC3C2CCC2(C)C3CC(OC(C)=O)C2C(C)C2=NCC(C)CC2)C1. The second-order valence-electron chi connectivity index (χ2n) is 13.5. The lowest BCUT2D eigenvalue weighted by atomic mass is 9.47. The van der Waals surface area contributed by atoms with Crippen LogP contribution in [0.4, 0.5) is 0 Å². The van der Waals surface area contributed by atoms with Gasteiger partial charge in [0.05, 0.1) is 0 Å². The summed E-state index contributed by atoms with van der Waals surface area (Å²) in [6.45, 7) is 13.7. The lowest BCUT2D eigenvalue weighted by Gasteiger charge is -2.58. The van der Waals surface area contributed by atoms with E-state index in [0.717, 1.165) is 45.1 Å². The lowest BCUT2D eigenvalue weighted by Crippen LogP contribution is -2.51. The van der Waals surface area contributed by atoms with E-state index in [1.165, 1.54) is 37.5 Å². The van der Waals surface area contributed by atoms with Gasteiger partial charge in [0.2, 0.25) is 0 Å². The largest absolute Gasteiger partial charge is 0.462 e. The van der Waals surface area contributed by atoms with Crippen LogP contribution in [0.15, 0.2) is 16.6 Å². The standard InChI is InChI=1S/C31H47NO4/c1-18-7-10-27(32-17-18)19(2)29-28(36-21(4)34)16-26-24-9-8-22-15-23(35-20(3)33)11-13-30(22,5)25(24)12-14-31(26,29)6/h8,18-19,23-26,28-29H,7,9-17H2,1-6H3. The maximum atomic E-state index is 12.2. The average molecular weight is 498 g/mol. The number of rotatable bonds is 4. The molecule has 5 aliphatic rings. The smallest absolute Gasteiger partial charge is 0.302 e. The first kappa shape index (κ1) is 26.0. The average Bonchev–Trinajstić information content (AvgIpc) is 3.10. The van der Waals surface area contributed by atoms with Gasteiger partial charge in [0.15, 0.2) is 0 Å². The third kappa shape index (κ3) is 4.36. The van der Waals surface area contributed by atoms with E-state index in [-0.39, 0.29) is 35.0 Å². The molecule has 5 heteroatoms. The van der Waals surface area contributed by atoms with Gasteiger partial charge in [-0.3, -0.25) is 14.6 Å². The van der Waals surface area contributed by atoms with Crippen LogP contribution in [0.2, 0.25) is 0 Å². The van der Waals surface area contributed by atoms with Gasteiger partial charge in [-0.1, -0.05) is 39.3 Å². The van der Waals surface area contributed by atoms with E-state index >= 15 is 0 Å². The summed E-state index contributed by atoms with van der Waals surface area (Å²) in [4.78, 5) is 28.8. The van der Waals surface area contributed by atoms with Gasteiger partial charge >= 0.3 is 11.9 Å². The van der Waals surface area contributed by atoms with Crippen molar-refractivity contribution in [2.24, 2.45) is 51.3 Å². The topological polar surface area (TPSA) is 65.0 Å². The highest BCUT2D eigenvalue weighted by molar-refractivity contribution is 5.87. The Morgan fingerprint density at radius 1 is 1.06 bits per heavy atom. The summed E-state index contributed by atoms with van der Waals surface area (Å²) in [5.41, 5.74) is 3.25. The molecule has 5 rings (SSSR count). The number of carbonyl (C=O) groups excluding carboxylic acids is 2. The molecule has 3 saturated carbocycles. The number of hydrogen-bond acceptors (Lipinski definition) is 5. The highest BCUT2D eigenvalue weighted by atomic mass is 16.5. The molecule has 0 radical (unpaired) electrons. The van der Waals surface area contributed by atoms with Gasteiger partial charge in [0.25, 0.3) is 0 Å². The molecule has 0 bridgehead atoms. The fourth-order valence-corrected chi connectivity index (χ4v) is 9.63. The molecule has 1 aliphatic heterocycles. The van der Waals surface area contributed by atoms with Crippen LogP contribution in [-0.2, 0) is 19.1 Å². The van der Waals surface area contributed by atoms with E-state index in [1.54, 1.807) is 6.92 Å². The van der Waals surface area contributed by atoms with Gasteiger partial charge in [-0.25, -0.2) is 0 Å². The van der Waals surface area contributed by atoms with Crippen LogP contribution in [-0.4, -0.2) is 36.4 Å². The second-order valence-corrected chi connectivity index (χ2v) is 13.5. The van der Waals surface area contributed by atoms with E-state index < -0.39 is 0 Å². The summed E-state index contributed by atoms with van der Waals surface area (Å²) in [6, 6.07) is 0. The highest BCUT2D eigenvalue weighted by Gasteiger charge is 2.63. The lowest BCUT2D eigenvalue weighted by molar-refractivity contribution is -0.150. The summed E-state index contributed by atoms with van der Waals surface area (Å²) < 4.78 is 11.7. The van der Waals surface area contributed by atoms with Gasteiger partial charge in [-0.15, -0.1) is 0 Å². The van der Waals surface area contributed by atoms with Crippen molar-refractivity contribution < 1.29 is 19.1 Å². The minimum Gasteiger partial charge on any atom is -0.462 e. The molecule has 5 nitrogen and oxygen atoms in total. The molecule has 0 amide bonds.